The summed E-state index contributed by atoms with van der Waals surface area (Å²) in [6.45, 7) is 6.21. The topological polar surface area (TPSA) is 40.5 Å². The lowest BCUT2D eigenvalue weighted by molar-refractivity contribution is -0.140. The van der Waals surface area contributed by atoms with Crippen molar-refractivity contribution in [3.63, 3.8) is 0 Å². The van der Waals surface area contributed by atoms with E-state index in [4.69, 9.17) is 0 Å². The predicted molar refractivity (Wildman–Crippen MR) is 115 cm³/mol. The fourth-order valence-corrected chi connectivity index (χ4v) is 8.22. The van der Waals surface area contributed by atoms with Gasteiger partial charge in [0.1, 0.15) is 11.6 Å². The summed E-state index contributed by atoms with van der Waals surface area (Å²) in [4.78, 5) is 14.2. The van der Waals surface area contributed by atoms with E-state index in [1.165, 1.54) is 6.07 Å². The molecule has 3 nitrogen and oxygen atoms in total. The van der Waals surface area contributed by atoms with Gasteiger partial charge in [0, 0.05) is 30.5 Å². The quantitative estimate of drug-likeness (QED) is 0.685. The van der Waals surface area contributed by atoms with Crippen molar-refractivity contribution in [3.05, 3.63) is 47.0 Å². The summed E-state index contributed by atoms with van der Waals surface area (Å²) in [6, 6.07) is 2.55. The Hall–Kier alpha value is -1.75. The van der Waals surface area contributed by atoms with Crippen molar-refractivity contribution in [2.24, 2.45) is 28.6 Å². The molecule has 0 aromatic heterocycles. The molecule has 1 aromatic carbocycles. The van der Waals surface area contributed by atoms with Crippen LogP contribution in [0, 0.1) is 47.1 Å². The van der Waals surface area contributed by atoms with E-state index < -0.39 is 17.7 Å². The third kappa shape index (κ3) is 2.81. The number of carbonyl (C=O) groups excluding carboxylic acids is 1. The van der Waals surface area contributed by atoms with Gasteiger partial charge < -0.3 is 10.0 Å². The summed E-state index contributed by atoms with van der Waals surface area (Å²) in [7, 11) is 1.91. The van der Waals surface area contributed by atoms with Gasteiger partial charge in [-0.2, -0.15) is 0 Å². The molecule has 4 aliphatic rings. The number of halogens is 2. The first-order valence-electron chi connectivity index (χ1n) is 11.7. The van der Waals surface area contributed by atoms with Gasteiger partial charge in [-0.05, 0) is 85.5 Å². The number of hydrogen-bond donors (Lipinski definition) is 1. The molecule has 3 fully saturated rings. The molecule has 5 rings (SSSR count). The molecule has 1 N–H and O–H groups in total. The standard InChI is InChI=1S/C26H33F2NO2/c1-14-11-15(27)12-20(28)23(14)17-13-19-16-5-6-21-25(2,10-8-22(30)29(21)4)18(16)7-9-26(19,3)24(17)31/h8,10-12,16-19,21,24,31H,5-7,9,13H2,1-4H3/t16-,17?,18-,19+,21?,24?,25-,26+/m1/s1. The van der Waals surface area contributed by atoms with Gasteiger partial charge >= 0.3 is 0 Å². The van der Waals surface area contributed by atoms with Crippen molar-refractivity contribution in [2.75, 3.05) is 7.05 Å². The molecule has 5 heteroatoms. The third-order valence-corrected chi connectivity index (χ3v) is 9.80. The predicted octanol–water partition coefficient (Wildman–Crippen LogP) is 4.97. The smallest absolute Gasteiger partial charge is 0.246 e. The summed E-state index contributed by atoms with van der Waals surface area (Å²) in [5.41, 5.74) is 0.755. The molecule has 1 aliphatic heterocycles. The van der Waals surface area contributed by atoms with Gasteiger partial charge in [0.2, 0.25) is 5.91 Å². The van der Waals surface area contributed by atoms with Gasteiger partial charge in [0.05, 0.1) is 6.10 Å². The van der Waals surface area contributed by atoms with Crippen LogP contribution in [-0.4, -0.2) is 35.1 Å². The summed E-state index contributed by atoms with van der Waals surface area (Å²) in [5, 5.41) is 11.5. The molecule has 3 aliphatic carbocycles. The van der Waals surface area contributed by atoms with Crippen LogP contribution < -0.4 is 0 Å². The van der Waals surface area contributed by atoms with Crippen LogP contribution in [-0.2, 0) is 4.79 Å². The number of benzene rings is 1. The lowest BCUT2D eigenvalue weighted by atomic mass is 9.48. The van der Waals surface area contributed by atoms with E-state index in [9.17, 15) is 18.7 Å². The van der Waals surface area contributed by atoms with E-state index in [-0.39, 0.29) is 28.7 Å². The van der Waals surface area contributed by atoms with Crippen molar-refractivity contribution in [3.8, 4) is 0 Å². The minimum atomic E-state index is -0.631. The van der Waals surface area contributed by atoms with E-state index in [2.05, 4.69) is 19.9 Å². The summed E-state index contributed by atoms with van der Waals surface area (Å²) in [5.74, 6) is -0.137. The number of nitrogens with zero attached hydrogens (tertiary/aromatic N) is 1. The zero-order valence-electron chi connectivity index (χ0n) is 18.9. The number of amides is 1. The SMILES string of the molecule is Cc1cc(F)cc(F)c1C1C[C@H]2[C@@H]3CCC4N(C)C(=O)C=C[C@]4(C)[C@@H]3CC[C@]2(C)C1O. The molecule has 168 valence electrons. The zero-order chi connectivity index (χ0) is 22.3. The van der Waals surface area contributed by atoms with Gasteiger partial charge in [0.15, 0.2) is 0 Å². The van der Waals surface area contributed by atoms with Crippen LogP contribution in [0.1, 0.15) is 63.0 Å². The molecule has 3 saturated carbocycles. The van der Waals surface area contributed by atoms with Crippen molar-refractivity contribution in [2.45, 2.75) is 70.9 Å². The lowest BCUT2D eigenvalue weighted by Crippen LogP contribution is -2.59. The molecular weight excluding hydrogens is 396 g/mol. The Morgan fingerprint density at radius 3 is 2.58 bits per heavy atom. The van der Waals surface area contributed by atoms with Crippen molar-refractivity contribution >= 4 is 5.91 Å². The summed E-state index contributed by atoms with van der Waals surface area (Å²) < 4.78 is 28.5. The molecule has 1 heterocycles. The van der Waals surface area contributed by atoms with Crippen LogP contribution in [0.15, 0.2) is 24.3 Å². The number of aliphatic hydroxyl groups is 1. The summed E-state index contributed by atoms with van der Waals surface area (Å²) in [6.07, 6.45) is 7.87. The number of likely N-dealkylation sites (N-methyl/N-ethyl adjacent to an activating group) is 1. The van der Waals surface area contributed by atoms with E-state index in [0.717, 1.165) is 38.2 Å². The second kappa shape index (κ2) is 6.87. The molecule has 0 spiro atoms. The number of carbonyl (C=O) groups is 1. The summed E-state index contributed by atoms with van der Waals surface area (Å²) >= 11 is 0. The molecule has 1 aromatic rings. The molecular formula is C26H33F2NO2. The minimum Gasteiger partial charge on any atom is -0.392 e. The van der Waals surface area contributed by atoms with Crippen molar-refractivity contribution in [1.82, 2.24) is 4.90 Å². The number of fused-ring (bicyclic) bond motifs is 5. The Morgan fingerprint density at radius 2 is 1.87 bits per heavy atom. The average molecular weight is 430 g/mol. The van der Waals surface area contributed by atoms with E-state index in [0.29, 0.717) is 28.9 Å². The zero-order valence-corrected chi connectivity index (χ0v) is 18.9. The fourth-order valence-electron chi connectivity index (χ4n) is 8.22. The van der Waals surface area contributed by atoms with Crippen molar-refractivity contribution in [1.29, 1.82) is 0 Å². The van der Waals surface area contributed by atoms with Gasteiger partial charge in [-0.25, -0.2) is 8.78 Å². The lowest BCUT2D eigenvalue weighted by Gasteiger charge is -2.60. The first kappa shape index (κ1) is 21.1. The van der Waals surface area contributed by atoms with Crippen LogP contribution in [0.4, 0.5) is 8.78 Å². The Kier molecular flexibility index (Phi) is 4.68. The maximum Gasteiger partial charge on any atom is 0.246 e. The molecule has 31 heavy (non-hydrogen) atoms. The molecule has 0 bridgehead atoms. The van der Waals surface area contributed by atoms with E-state index in [1.54, 1.807) is 13.0 Å². The van der Waals surface area contributed by atoms with Crippen molar-refractivity contribution < 1.29 is 18.7 Å². The molecule has 3 unspecified atom stereocenters. The highest BCUT2D eigenvalue weighted by Crippen LogP contribution is 2.66. The Bertz CT molecular complexity index is 938. The largest absolute Gasteiger partial charge is 0.392 e. The Balaban J connectivity index is 1.51. The normalized spacial score (nSPS) is 44.1. The first-order valence-corrected chi connectivity index (χ1v) is 11.7. The Labute approximate surface area is 183 Å². The van der Waals surface area contributed by atoms with Crippen LogP contribution in [0.2, 0.25) is 0 Å². The number of aliphatic hydroxyl groups excluding tert-OH is 1. The Morgan fingerprint density at radius 1 is 1.13 bits per heavy atom. The average Bonchev–Trinajstić information content (AvgIpc) is 2.96. The molecule has 8 atom stereocenters. The van der Waals surface area contributed by atoms with Gasteiger partial charge in [-0.1, -0.05) is 19.9 Å². The van der Waals surface area contributed by atoms with Gasteiger partial charge in [0.25, 0.3) is 0 Å². The molecule has 0 saturated heterocycles. The number of hydrogen-bond acceptors (Lipinski definition) is 2. The van der Waals surface area contributed by atoms with Crippen LogP contribution >= 0.6 is 0 Å². The van der Waals surface area contributed by atoms with Crippen LogP contribution in [0.25, 0.3) is 0 Å². The van der Waals surface area contributed by atoms with Gasteiger partial charge in [-0.15, -0.1) is 0 Å². The number of aryl methyl sites for hydroxylation is 1. The molecule has 0 radical (unpaired) electrons. The van der Waals surface area contributed by atoms with E-state index >= 15 is 0 Å². The van der Waals surface area contributed by atoms with Crippen LogP contribution in [0.5, 0.6) is 0 Å². The third-order valence-electron chi connectivity index (χ3n) is 9.80. The maximum absolute atomic E-state index is 14.8. The highest BCUT2D eigenvalue weighted by atomic mass is 19.1. The van der Waals surface area contributed by atoms with Gasteiger partial charge in [-0.3, -0.25) is 4.79 Å². The monoisotopic (exact) mass is 429 g/mol. The highest BCUT2D eigenvalue weighted by molar-refractivity contribution is 5.89. The second-order valence-electron chi connectivity index (χ2n) is 11.1. The maximum atomic E-state index is 14.8. The second-order valence-corrected chi connectivity index (χ2v) is 11.1. The van der Waals surface area contributed by atoms with Crippen LogP contribution in [0.3, 0.4) is 0 Å². The highest BCUT2D eigenvalue weighted by Gasteiger charge is 2.62. The first-order chi connectivity index (χ1) is 14.6. The minimum absolute atomic E-state index is 0.0625. The van der Waals surface area contributed by atoms with E-state index in [1.807, 2.05) is 11.9 Å². The number of rotatable bonds is 1. The molecule has 1 amide bonds. The fraction of sp³-hybridized carbons (Fsp3) is 0.654.